The van der Waals surface area contributed by atoms with Gasteiger partial charge in [0.2, 0.25) is 10.0 Å². The Balaban J connectivity index is 2.13. The summed E-state index contributed by atoms with van der Waals surface area (Å²) < 4.78 is 37.4. The molecule has 114 valence electrons. The van der Waals surface area contributed by atoms with Gasteiger partial charge in [0, 0.05) is 6.07 Å². The smallest absolute Gasteiger partial charge is 0.408 e. The van der Waals surface area contributed by atoms with Crippen molar-refractivity contribution in [2.75, 3.05) is 6.61 Å². The highest BCUT2D eigenvalue weighted by molar-refractivity contribution is 7.89. The van der Waals surface area contributed by atoms with E-state index in [0.29, 0.717) is 12.1 Å². The molecular weight excluding hydrogens is 296 g/mol. The average Bonchev–Trinajstić information content (AvgIpc) is 2.87. The summed E-state index contributed by atoms with van der Waals surface area (Å²) >= 11 is 0. The number of aromatic amines is 1. The van der Waals surface area contributed by atoms with Gasteiger partial charge in [-0.25, -0.2) is 13.2 Å². The second kappa shape index (κ2) is 4.43. The Bertz CT molecular complexity index is 849. The number of nitrogens with zero attached hydrogens (tertiary/aromatic N) is 1. The number of nitrogens with one attached hydrogen (secondary N) is 1. The van der Waals surface area contributed by atoms with E-state index in [0.717, 1.165) is 0 Å². The maximum atomic E-state index is 12.8. The Morgan fingerprint density at radius 2 is 2.10 bits per heavy atom. The van der Waals surface area contributed by atoms with Crippen molar-refractivity contribution < 1.29 is 17.6 Å². The highest BCUT2D eigenvalue weighted by Crippen LogP contribution is 2.33. The Morgan fingerprint density at radius 1 is 1.38 bits per heavy atom. The van der Waals surface area contributed by atoms with E-state index in [2.05, 4.69) is 4.98 Å². The molecule has 1 aliphatic rings. The number of hydrogen-bond acceptors (Lipinski definition) is 5. The van der Waals surface area contributed by atoms with Crippen molar-refractivity contribution >= 4 is 21.1 Å². The predicted molar refractivity (Wildman–Crippen MR) is 75.4 cm³/mol. The van der Waals surface area contributed by atoms with Crippen molar-refractivity contribution in [3.63, 3.8) is 0 Å². The number of oxazole rings is 1. The van der Waals surface area contributed by atoms with E-state index in [-0.39, 0.29) is 10.5 Å². The third-order valence-corrected chi connectivity index (χ3v) is 5.71. The van der Waals surface area contributed by atoms with E-state index in [9.17, 15) is 13.2 Å². The van der Waals surface area contributed by atoms with Crippen molar-refractivity contribution in [2.45, 2.75) is 37.4 Å². The van der Waals surface area contributed by atoms with E-state index in [1.165, 1.54) is 22.5 Å². The summed E-state index contributed by atoms with van der Waals surface area (Å²) in [5, 5.41) is 0. The minimum Gasteiger partial charge on any atom is -0.408 e. The second-order valence-corrected chi connectivity index (χ2v) is 7.51. The molecule has 3 rings (SSSR count). The Hall–Kier alpha value is -1.64. The molecule has 0 saturated carbocycles. The van der Waals surface area contributed by atoms with Crippen LogP contribution in [0.4, 0.5) is 0 Å². The molecule has 1 atom stereocenters. The van der Waals surface area contributed by atoms with Crippen molar-refractivity contribution in [3.05, 3.63) is 28.7 Å². The van der Waals surface area contributed by atoms with Gasteiger partial charge in [-0.15, -0.1) is 0 Å². The van der Waals surface area contributed by atoms with E-state index in [1.807, 2.05) is 13.8 Å². The molecule has 1 aromatic heterocycles. The zero-order valence-electron chi connectivity index (χ0n) is 11.9. The van der Waals surface area contributed by atoms with Crippen LogP contribution < -0.4 is 5.76 Å². The molecule has 0 spiro atoms. The van der Waals surface area contributed by atoms with Gasteiger partial charge >= 0.3 is 5.76 Å². The molecule has 2 aromatic rings. The van der Waals surface area contributed by atoms with Crippen LogP contribution in [0.2, 0.25) is 0 Å². The maximum absolute atomic E-state index is 12.8. The quantitative estimate of drug-likeness (QED) is 0.901. The van der Waals surface area contributed by atoms with Crippen LogP contribution in [0, 0.1) is 0 Å². The molecule has 1 unspecified atom stereocenters. The summed E-state index contributed by atoms with van der Waals surface area (Å²) in [6.45, 7) is 5.64. The van der Waals surface area contributed by atoms with Gasteiger partial charge in [0.15, 0.2) is 5.58 Å². The molecule has 1 N–H and O–H groups in total. The van der Waals surface area contributed by atoms with Crippen LogP contribution in [-0.2, 0) is 14.8 Å². The van der Waals surface area contributed by atoms with Gasteiger partial charge in [0.05, 0.1) is 22.6 Å². The van der Waals surface area contributed by atoms with Crippen LogP contribution >= 0.6 is 0 Å². The minimum absolute atomic E-state index is 0.0724. The summed E-state index contributed by atoms with van der Waals surface area (Å²) in [5.41, 5.74) is 0.0437. The van der Waals surface area contributed by atoms with Gasteiger partial charge in [0.1, 0.15) is 6.23 Å². The number of ether oxygens (including phenoxy) is 1. The van der Waals surface area contributed by atoms with Gasteiger partial charge < -0.3 is 9.15 Å². The Labute approximate surface area is 121 Å². The van der Waals surface area contributed by atoms with Crippen LogP contribution in [0.1, 0.15) is 20.8 Å². The van der Waals surface area contributed by atoms with E-state index < -0.39 is 27.5 Å². The highest BCUT2D eigenvalue weighted by atomic mass is 32.2. The van der Waals surface area contributed by atoms with Gasteiger partial charge in [0.25, 0.3) is 0 Å². The van der Waals surface area contributed by atoms with Crippen LogP contribution in [0.15, 0.2) is 32.3 Å². The number of rotatable bonds is 2. The first kappa shape index (κ1) is 14.3. The number of sulfonamides is 1. The fraction of sp³-hybridized carbons (Fsp3) is 0.462. The number of fused-ring (bicyclic) bond motifs is 1. The first-order valence-corrected chi connectivity index (χ1v) is 7.95. The average molecular weight is 312 g/mol. The first-order chi connectivity index (χ1) is 9.72. The fourth-order valence-corrected chi connectivity index (χ4v) is 4.55. The van der Waals surface area contributed by atoms with Crippen molar-refractivity contribution in [2.24, 2.45) is 0 Å². The lowest BCUT2D eigenvalue weighted by molar-refractivity contribution is 0.0843. The highest BCUT2D eigenvalue weighted by Gasteiger charge is 2.46. The molecule has 7 nitrogen and oxygen atoms in total. The fourth-order valence-electron chi connectivity index (χ4n) is 2.67. The third kappa shape index (κ3) is 2.19. The summed E-state index contributed by atoms with van der Waals surface area (Å²) in [7, 11) is -3.75. The minimum atomic E-state index is -3.75. The van der Waals surface area contributed by atoms with Gasteiger partial charge in [-0.1, -0.05) is 0 Å². The Kier molecular flexibility index (Phi) is 3.01. The lowest BCUT2D eigenvalue weighted by Crippen LogP contribution is -2.47. The lowest BCUT2D eigenvalue weighted by atomic mass is 10.1. The van der Waals surface area contributed by atoms with Crippen molar-refractivity contribution in [1.29, 1.82) is 0 Å². The van der Waals surface area contributed by atoms with Gasteiger partial charge in [-0.05, 0) is 32.9 Å². The van der Waals surface area contributed by atoms with E-state index in [4.69, 9.17) is 9.15 Å². The van der Waals surface area contributed by atoms with Gasteiger partial charge in [-0.3, -0.25) is 4.98 Å². The third-order valence-electron chi connectivity index (χ3n) is 3.55. The molecule has 0 amide bonds. The SMILES string of the molecule is CC1OCC(C)(C)N1S(=O)(=O)c1ccc2[nH]c(=O)oc2c1. The van der Waals surface area contributed by atoms with Gasteiger partial charge in [-0.2, -0.15) is 4.31 Å². The molecular formula is C13H16N2O5S. The molecule has 0 radical (unpaired) electrons. The second-order valence-electron chi connectivity index (χ2n) is 5.70. The van der Waals surface area contributed by atoms with Crippen molar-refractivity contribution in [3.8, 4) is 0 Å². The zero-order chi connectivity index (χ0) is 15.4. The van der Waals surface area contributed by atoms with E-state index >= 15 is 0 Å². The molecule has 0 bridgehead atoms. The summed E-state index contributed by atoms with van der Waals surface area (Å²) in [4.78, 5) is 13.7. The number of benzene rings is 1. The number of H-pyrrole nitrogens is 1. The monoisotopic (exact) mass is 312 g/mol. The molecule has 1 saturated heterocycles. The predicted octanol–water partition coefficient (Wildman–Crippen LogP) is 1.27. The zero-order valence-corrected chi connectivity index (χ0v) is 12.7. The van der Waals surface area contributed by atoms with Crippen LogP contribution in [0.3, 0.4) is 0 Å². The molecule has 0 aliphatic carbocycles. The van der Waals surface area contributed by atoms with Crippen LogP contribution in [0.25, 0.3) is 11.1 Å². The summed E-state index contributed by atoms with van der Waals surface area (Å²) in [5.74, 6) is -0.613. The molecule has 1 aliphatic heterocycles. The van der Waals surface area contributed by atoms with Crippen LogP contribution in [-0.4, -0.2) is 36.1 Å². The first-order valence-electron chi connectivity index (χ1n) is 6.51. The molecule has 2 heterocycles. The van der Waals surface area contributed by atoms with Crippen LogP contribution in [0.5, 0.6) is 0 Å². The molecule has 8 heteroatoms. The van der Waals surface area contributed by atoms with Crippen molar-refractivity contribution in [1.82, 2.24) is 9.29 Å². The maximum Gasteiger partial charge on any atom is 0.417 e. The molecule has 1 aromatic carbocycles. The van der Waals surface area contributed by atoms with E-state index in [1.54, 1.807) is 6.92 Å². The topological polar surface area (TPSA) is 92.6 Å². The normalized spacial score (nSPS) is 22.9. The largest absolute Gasteiger partial charge is 0.417 e. The Morgan fingerprint density at radius 3 is 2.71 bits per heavy atom. The number of aromatic nitrogens is 1. The summed E-state index contributed by atoms with van der Waals surface area (Å²) in [6.07, 6.45) is -0.543. The number of hydrogen-bond donors (Lipinski definition) is 1. The standard InChI is InChI=1S/C13H16N2O5S/c1-8-15(13(2,3)7-19-8)21(17,18)9-4-5-10-11(6-9)20-12(16)14-10/h4-6,8H,7H2,1-3H3,(H,14,16). The molecule has 1 fully saturated rings. The molecule has 21 heavy (non-hydrogen) atoms. The lowest BCUT2D eigenvalue weighted by Gasteiger charge is -2.30. The summed E-state index contributed by atoms with van der Waals surface area (Å²) in [6, 6.07) is 4.32.